The number of aryl methyl sites for hydroxylation is 1. The fraction of sp³-hybridized carbons (Fsp3) is 0.625. The van der Waals surface area contributed by atoms with Crippen molar-refractivity contribution in [2.75, 3.05) is 19.6 Å². The van der Waals surface area contributed by atoms with E-state index < -0.39 is 0 Å². The minimum absolute atomic E-state index is 0.0105. The van der Waals surface area contributed by atoms with Gasteiger partial charge in [0.2, 0.25) is 0 Å². The summed E-state index contributed by atoms with van der Waals surface area (Å²) < 4.78 is 0. The summed E-state index contributed by atoms with van der Waals surface area (Å²) in [6, 6.07) is 6.22. The van der Waals surface area contributed by atoms with Crippen LogP contribution in [0.2, 0.25) is 0 Å². The van der Waals surface area contributed by atoms with E-state index in [0.717, 1.165) is 31.6 Å². The van der Waals surface area contributed by atoms with E-state index in [1.807, 2.05) is 19.1 Å². The highest BCUT2D eigenvalue weighted by molar-refractivity contribution is 5.44. The molecule has 2 saturated heterocycles. The molecule has 21 heavy (non-hydrogen) atoms. The van der Waals surface area contributed by atoms with Gasteiger partial charge in [-0.1, -0.05) is 6.07 Å². The van der Waals surface area contributed by atoms with Crippen LogP contribution in [0.5, 0.6) is 0 Å². The predicted octanol–water partition coefficient (Wildman–Crippen LogP) is 2.58. The van der Waals surface area contributed by atoms with E-state index in [0.29, 0.717) is 6.04 Å². The van der Waals surface area contributed by atoms with Gasteiger partial charge < -0.3 is 5.32 Å². The minimum atomic E-state index is -0.297. The van der Waals surface area contributed by atoms with Crippen LogP contribution < -0.4 is 5.32 Å². The van der Waals surface area contributed by atoms with E-state index >= 15 is 0 Å². The van der Waals surface area contributed by atoms with Gasteiger partial charge in [0.25, 0.3) is 5.69 Å². The zero-order valence-corrected chi connectivity index (χ0v) is 12.8. The summed E-state index contributed by atoms with van der Waals surface area (Å²) in [5.41, 5.74) is 2.20. The first-order chi connectivity index (χ1) is 10.0. The number of nitrogens with one attached hydrogen (secondary N) is 1. The van der Waals surface area contributed by atoms with Crippen molar-refractivity contribution in [3.05, 3.63) is 39.4 Å². The van der Waals surface area contributed by atoms with Crippen LogP contribution in [0.15, 0.2) is 18.2 Å². The van der Waals surface area contributed by atoms with Crippen molar-refractivity contribution in [1.29, 1.82) is 0 Å². The number of rotatable bonds is 3. The third kappa shape index (κ3) is 2.45. The molecule has 2 heterocycles. The van der Waals surface area contributed by atoms with Crippen molar-refractivity contribution in [2.45, 2.75) is 44.7 Å². The summed E-state index contributed by atoms with van der Waals surface area (Å²) in [6.45, 7) is 7.40. The van der Waals surface area contributed by atoms with E-state index in [-0.39, 0.29) is 16.1 Å². The van der Waals surface area contributed by atoms with Gasteiger partial charge in [-0.3, -0.25) is 15.0 Å². The van der Waals surface area contributed by atoms with Crippen LogP contribution in [-0.4, -0.2) is 35.5 Å². The molecule has 0 bridgehead atoms. The lowest BCUT2D eigenvalue weighted by atomic mass is 9.87. The monoisotopic (exact) mass is 289 g/mol. The van der Waals surface area contributed by atoms with Crippen LogP contribution in [-0.2, 0) is 5.54 Å². The molecule has 2 aliphatic rings. The number of nitro benzene ring substituents is 1. The number of nitrogens with zero attached hydrogens (tertiary/aromatic N) is 2. The molecule has 0 saturated carbocycles. The Kier molecular flexibility index (Phi) is 3.71. The van der Waals surface area contributed by atoms with Gasteiger partial charge in [-0.2, -0.15) is 0 Å². The topological polar surface area (TPSA) is 58.4 Å². The second kappa shape index (κ2) is 5.39. The van der Waals surface area contributed by atoms with Gasteiger partial charge in [-0.15, -0.1) is 0 Å². The molecule has 2 fully saturated rings. The standard InChI is InChI=1S/C16H23N3O2/c1-12-10-13(4-5-15(12)19(20)21)16(2)7-3-9-18(16)14-6-8-17-11-14/h4-5,10,14,17H,3,6-9,11H2,1-2H3/t14?,16-/m1/s1. The Bertz CT molecular complexity index is 554. The quantitative estimate of drug-likeness (QED) is 0.686. The Morgan fingerprint density at radius 1 is 1.48 bits per heavy atom. The van der Waals surface area contributed by atoms with Gasteiger partial charge in [0, 0.05) is 29.8 Å². The first-order valence-electron chi connectivity index (χ1n) is 7.75. The Morgan fingerprint density at radius 2 is 2.29 bits per heavy atom. The number of hydrogen-bond donors (Lipinski definition) is 1. The molecule has 1 aromatic rings. The van der Waals surface area contributed by atoms with E-state index in [4.69, 9.17) is 0 Å². The summed E-state index contributed by atoms with van der Waals surface area (Å²) in [5, 5.41) is 14.4. The summed E-state index contributed by atoms with van der Waals surface area (Å²) in [6.07, 6.45) is 3.52. The summed E-state index contributed by atoms with van der Waals surface area (Å²) in [7, 11) is 0. The van der Waals surface area contributed by atoms with Crippen molar-refractivity contribution in [3.8, 4) is 0 Å². The number of nitro groups is 1. The third-order valence-corrected chi connectivity index (χ3v) is 5.19. The van der Waals surface area contributed by atoms with Gasteiger partial charge in [0.05, 0.1) is 4.92 Å². The van der Waals surface area contributed by atoms with Crippen molar-refractivity contribution < 1.29 is 4.92 Å². The van der Waals surface area contributed by atoms with Crippen LogP contribution in [0.4, 0.5) is 5.69 Å². The van der Waals surface area contributed by atoms with E-state index in [2.05, 4.69) is 17.1 Å². The molecule has 5 nitrogen and oxygen atoms in total. The molecule has 0 spiro atoms. The first kappa shape index (κ1) is 14.5. The Labute approximate surface area is 125 Å². The highest BCUT2D eigenvalue weighted by atomic mass is 16.6. The van der Waals surface area contributed by atoms with Crippen molar-refractivity contribution >= 4 is 5.69 Å². The smallest absolute Gasteiger partial charge is 0.272 e. The van der Waals surface area contributed by atoms with Crippen molar-refractivity contribution in [3.63, 3.8) is 0 Å². The van der Waals surface area contributed by atoms with Crippen molar-refractivity contribution in [2.24, 2.45) is 0 Å². The fourth-order valence-electron chi connectivity index (χ4n) is 3.98. The first-order valence-corrected chi connectivity index (χ1v) is 7.75. The molecule has 114 valence electrons. The zero-order chi connectivity index (χ0) is 15.0. The van der Waals surface area contributed by atoms with E-state index in [1.54, 1.807) is 6.07 Å². The number of likely N-dealkylation sites (tertiary alicyclic amines) is 1. The van der Waals surface area contributed by atoms with Crippen LogP contribution in [0, 0.1) is 17.0 Å². The predicted molar refractivity (Wildman–Crippen MR) is 82.4 cm³/mol. The highest BCUT2D eigenvalue weighted by Crippen LogP contribution is 2.41. The van der Waals surface area contributed by atoms with Gasteiger partial charge >= 0.3 is 0 Å². The maximum atomic E-state index is 11.0. The summed E-state index contributed by atoms with van der Waals surface area (Å²) in [5.74, 6) is 0. The maximum Gasteiger partial charge on any atom is 0.272 e. The number of benzene rings is 1. The molecule has 0 aromatic heterocycles. The molecule has 0 radical (unpaired) electrons. The highest BCUT2D eigenvalue weighted by Gasteiger charge is 2.42. The Hall–Kier alpha value is -1.46. The zero-order valence-electron chi connectivity index (χ0n) is 12.8. The average Bonchev–Trinajstić information content (AvgIpc) is 3.07. The van der Waals surface area contributed by atoms with Crippen LogP contribution >= 0.6 is 0 Å². The van der Waals surface area contributed by atoms with E-state index in [9.17, 15) is 10.1 Å². The van der Waals surface area contributed by atoms with Gasteiger partial charge in [-0.25, -0.2) is 0 Å². The second-order valence-corrected chi connectivity index (χ2v) is 6.48. The normalized spacial score (nSPS) is 29.9. The molecule has 2 atom stereocenters. The van der Waals surface area contributed by atoms with Crippen LogP contribution in [0.1, 0.15) is 37.3 Å². The van der Waals surface area contributed by atoms with Gasteiger partial charge in [-0.05, 0) is 57.8 Å². The molecule has 1 N–H and O–H groups in total. The average molecular weight is 289 g/mol. The largest absolute Gasteiger partial charge is 0.315 e. The molecular weight excluding hydrogens is 266 g/mol. The molecule has 0 amide bonds. The van der Waals surface area contributed by atoms with Crippen molar-refractivity contribution in [1.82, 2.24) is 10.2 Å². The number of hydrogen-bond acceptors (Lipinski definition) is 4. The summed E-state index contributed by atoms with van der Waals surface area (Å²) in [4.78, 5) is 13.3. The molecule has 5 heteroatoms. The molecule has 3 rings (SSSR count). The lowest BCUT2D eigenvalue weighted by Crippen LogP contribution is -2.46. The SMILES string of the molecule is Cc1cc([C@@]2(C)CCCN2C2CCNC2)ccc1[N+](=O)[O-]. The molecule has 2 aliphatic heterocycles. The maximum absolute atomic E-state index is 11.0. The lowest BCUT2D eigenvalue weighted by Gasteiger charge is -2.40. The molecule has 0 aliphatic carbocycles. The Morgan fingerprint density at radius 3 is 2.90 bits per heavy atom. The third-order valence-electron chi connectivity index (χ3n) is 5.19. The van der Waals surface area contributed by atoms with Crippen LogP contribution in [0.25, 0.3) is 0 Å². The molecule has 1 unspecified atom stereocenters. The van der Waals surface area contributed by atoms with Crippen LogP contribution in [0.3, 0.4) is 0 Å². The lowest BCUT2D eigenvalue weighted by molar-refractivity contribution is -0.385. The summed E-state index contributed by atoms with van der Waals surface area (Å²) >= 11 is 0. The van der Waals surface area contributed by atoms with Gasteiger partial charge in [0.15, 0.2) is 0 Å². The molecule has 1 aromatic carbocycles. The molecular formula is C16H23N3O2. The second-order valence-electron chi connectivity index (χ2n) is 6.48. The Balaban J connectivity index is 1.93. The minimum Gasteiger partial charge on any atom is -0.315 e. The fourth-order valence-corrected chi connectivity index (χ4v) is 3.98. The van der Waals surface area contributed by atoms with E-state index in [1.165, 1.54) is 18.4 Å². The van der Waals surface area contributed by atoms with Gasteiger partial charge in [0.1, 0.15) is 0 Å².